The Labute approximate surface area is 68.0 Å². The lowest BCUT2D eigenvalue weighted by atomic mass is 10.2. The van der Waals surface area contributed by atoms with Crippen LogP contribution in [0.2, 0.25) is 5.02 Å². The van der Waals surface area contributed by atoms with Gasteiger partial charge in [0.25, 0.3) is 5.92 Å². The first-order valence-corrected chi connectivity index (χ1v) is 3.38. The molecule has 0 aliphatic heterocycles. The average molecular weight is 178 g/mol. The van der Waals surface area contributed by atoms with E-state index in [0.29, 0.717) is 5.02 Å². The van der Waals surface area contributed by atoms with E-state index in [4.69, 9.17) is 11.6 Å². The summed E-state index contributed by atoms with van der Waals surface area (Å²) >= 11 is 5.45. The van der Waals surface area contributed by atoms with Crippen molar-refractivity contribution in [3.8, 4) is 0 Å². The quantitative estimate of drug-likeness (QED) is 0.643. The van der Waals surface area contributed by atoms with Crippen molar-refractivity contribution in [2.45, 2.75) is 12.8 Å². The summed E-state index contributed by atoms with van der Waals surface area (Å²) in [5.41, 5.74) is -0.262. The van der Waals surface area contributed by atoms with Gasteiger partial charge in [-0.25, -0.2) is 0 Å². The molecule has 0 aliphatic rings. The molecule has 0 bridgehead atoms. The van der Waals surface area contributed by atoms with E-state index in [0.717, 1.165) is 6.92 Å². The van der Waals surface area contributed by atoms with Crippen molar-refractivity contribution >= 4 is 11.6 Å². The van der Waals surface area contributed by atoms with E-state index in [-0.39, 0.29) is 5.69 Å². The second-order valence-electron chi connectivity index (χ2n) is 2.25. The Morgan fingerprint density at radius 1 is 1.45 bits per heavy atom. The highest BCUT2D eigenvalue weighted by Gasteiger charge is 2.25. The summed E-state index contributed by atoms with van der Waals surface area (Å²) in [5, 5.41) is 0.359. The van der Waals surface area contributed by atoms with Gasteiger partial charge in [0.05, 0.1) is 5.02 Å². The van der Waals surface area contributed by atoms with Crippen LogP contribution in [0.3, 0.4) is 0 Å². The number of nitrogens with zero attached hydrogens (tertiary/aromatic N) is 1. The Morgan fingerprint density at radius 2 is 2.09 bits per heavy atom. The van der Waals surface area contributed by atoms with Gasteiger partial charge in [0, 0.05) is 13.1 Å². The molecule has 0 spiro atoms. The zero-order valence-corrected chi connectivity index (χ0v) is 6.57. The number of rotatable bonds is 1. The van der Waals surface area contributed by atoms with Crippen LogP contribution in [0, 0.1) is 0 Å². The van der Waals surface area contributed by atoms with Crippen molar-refractivity contribution in [3.05, 3.63) is 29.0 Å². The summed E-state index contributed by atoms with van der Waals surface area (Å²) in [7, 11) is 0. The topological polar surface area (TPSA) is 12.9 Å². The maximum absolute atomic E-state index is 12.5. The van der Waals surface area contributed by atoms with Gasteiger partial charge in [-0.2, -0.15) is 8.78 Å². The van der Waals surface area contributed by atoms with Gasteiger partial charge in [-0.15, -0.1) is 0 Å². The predicted octanol–water partition coefficient (Wildman–Crippen LogP) is 2.85. The van der Waals surface area contributed by atoms with E-state index in [1.807, 2.05) is 0 Å². The molecule has 0 aliphatic carbocycles. The van der Waals surface area contributed by atoms with Gasteiger partial charge in [-0.05, 0) is 12.1 Å². The van der Waals surface area contributed by atoms with Crippen LogP contribution in [-0.2, 0) is 5.92 Å². The van der Waals surface area contributed by atoms with Crippen molar-refractivity contribution in [3.63, 3.8) is 0 Å². The number of hydrogen-bond acceptors (Lipinski definition) is 1. The highest BCUT2D eigenvalue weighted by atomic mass is 35.5. The Bertz CT molecular complexity index is 240. The Morgan fingerprint density at radius 3 is 2.45 bits per heavy atom. The largest absolute Gasteiger partial charge is 0.286 e. The van der Waals surface area contributed by atoms with E-state index in [1.54, 1.807) is 0 Å². The van der Waals surface area contributed by atoms with Crippen molar-refractivity contribution < 1.29 is 8.78 Å². The molecule has 0 amide bonds. The molecule has 1 aromatic rings. The normalized spacial score (nSPS) is 11.6. The average Bonchev–Trinajstić information content (AvgIpc) is 1.86. The van der Waals surface area contributed by atoms with Crippen LogP contribution in [-0.4, -0.2) is 4.98 Å². The molecule has 11 heavy (non-hydrogen) atoms. The van der Waals surface area contributed by atoms with Crippen LogP contribution >= 0.6 is 11.6 Å². The molecule has 4 heteroatoms. The third-order valence-electron chi connectivity index (χ3n) is 1.18. The van der Waals surface area contributed by atoms with Gasteiger partial charge in [0.1, 0.15) is 5.69 Å². The second kappa shape index (κ2) is 2.74. The summed E-state index contributed by atoms with van der Waals surface area (Å²) in [4.78, 5) is 3.47. The zero-order valence-electron chi connectivity index (χ0n) is 5.81. The maximum Gasteiger partial charge on any atom is 0.286 e. The molecule has 0 radical (unpaired) electrons. The fourth-order valence-corrected chi connectivity index (χ4v) is 0.747. The smallest absolute Gasteiger partial charge is 0.253 e. The van der Waals surface area contributed by atoms with Crippen LogP contribution in [0.5, 0.6) is 0 Å². The summed E-state index contributed by atoms with van der Waals surface area (Å²) in [6.45, 7) is 0.795. The fraction of sp³-hybridized carbons (Fsp3) is 0.286. The van der Waals surface area contributed by atoms with Crippen molar-refractivity contribution in [2.24, 2.45) is 0 Å². The van der Waals surface area contributed by atoms with E-state index in [1.165, 1.54) is 18.3 Å². The molecule has 1 rings (SSSR count). The molecular weight excluding hydrogens is 172 g/mol. The Kier molecular flexibility index (Phi) is 2.09. The highest BCUT2D eigenvalue weighted by molar-refractivity contribution is 6.30. The van der Waals surface area contributed by atoms with Crippen LogP contribution in [0.1, 0.15) is 12.6 Å². The number of pyridine rings is 1. The first-order valence-electron chi connectivity index (χ1n) is 3.00. The summed E-state index contributed by atoms with van der Waals surface area (Å²) in [6, 6.07) is 2.60. The zero-order chi connectivity index (χ0) is 8.48. The maximum atomic E-state index is 12.5. The SMILES string of the molecule is CC(F)(F)c1ccc(Cl)cn1. The standard InChI is InChI=1S/C7H6ClF2N/c1-7(9,10)6-3-2-5(8)4-11-6/h2-4H,1H3. The molecule has 0 fully saturated rings. The van der Waals surface area contributed by atoms with E-state index < -0.39 is 5.92 Å². The van der Waals surface area contributed by atoms with E-state index >= 15 is 0 Å². The van der Waals surface area contributed by atoms with Gasteiger partial charge in [0.15, 0.2) is 0 Å². The fourth-order valence-electron chi connectivity index (χ4n) is 0.635. The number of hydrogen-bond donors (Lipinski definition) is 0. The van der Waals surface area contributed by atoms with Gasteiger partial charge in [-0.3, -0.25) is 4.98 Å². The molecule has 1 aromatic heterocycles. The van der Waals surface area contributed by atoms with E-state index in [2.05, 4.69) is 4.98 Å². The minimum Gasteiger partial charge on any atom is -0.253 e. The van der Waals surface area contributed by atoms with Crippen molar-refractivity contribution in [1.29, 1.82) is 0 Å². The summed E-state index contributed by atoms with van der Waals surface area (Å²) < 4.78 is 25.0. The summed E-state index contributed by atoms with van der Waals surface area (Å²) in [6.07, 6.45) is 1.20. The molecule has 0 saturated carbocycles. The van der Waals surface area contributed by atoms with Crippen LogP contribution in [0.4, 0.5) is 8.78 Å². The molecule has 1 heterocycles. The minimum atomic E-state index is -2.88. The molecule has 0 unspecified atom stereocenters. The summed E-state index contributed by atoms with van der Waals surface area (Å²) in [5.74, 6) is -2.88. The first-order chi connectivity index (χ1) is 5.00. The lowest BCUT2D eigenvalue weighted by molar-refractivity contribution is 0.0128. The Hall–Kier alpha value is -0.700. The number of aromatic nitrogens is 1. The minimum absolute atomic E-state index is 0.262. The van der Waals surface area contributed by atoms with Crippen LogP contribution < -0.4 is 0 Å². The van der Waals surface area contributed by atoms with Crippen LogP contribution in [0.15, 0.2) is 18.3 Å². The van der Waals surface area contributed by atoms with Crippen molar-refractivity contribution in [2.75, 3.05) is 0 Å². The highest BCUT2D eigenvalue weighted by Crippen LogP contribution is 2.25. The Balaban J connectivity index is 2.99. The van der Waals surface area contributed by atoms with Crippen molar-refractivity contribution in [1.82, 2.24) is 4.98 Å². The molecule has 60 valence electrons. The molecule has 0 aromatic carbocycles. The number of alkyl halides is 2. The van der Waals surface area contributed by atoms with Gasteiger partial charge < -0.3 is 0 Å². The first kappa shape index (κ1) is 8.40. The third-order valence-corrected chi connectivity index (χ3v) is 1.40. The lowest BCUT2D eigenvalue weighted by Gasteiger charge is -2.07. The monoisotopic (exact) mass is 177 g/mol. The molecule has 0 saturated heterocycles. The lowest BCUT2D eigenvalue weighted by Crippen LogP contribution is -2.08. The van der Waals surface area contributed by atoms with Crippen LogP contribution in [0.25, 0.3) is 0 Å². The van der Waals surface area contributed by atoms with E-state index in [9.17, 15) is 8.78 Å². The molecule has 0 N–H and O–H groups in total. The molecule has 1 nitrogen and oxygen atoms in total. The third kappa shape index (κ3) is 2.12. The van der Waals surface area contributed by atoms with Gasteiger partial charge in [-0.1, -0.05) is 11.6 Å². The molecular formula is C7H6ClF2N. The number of halogens is 3. The van der Waals surface area contributed by atoms with Gasteiger partial charge >= 0.3 is 0 Å². The predicted molar refractivity (Wildman–Crippen MR) is 38.8 cm³/mol. The van der Waals surface area contributed by atoms with Gasteiger partial charge in [0.2, 0.25) is 0 Å². The molecule has 0 atom stereocenters. The second-order valence-corrected chi connectivity index (χ2v) is 2.69.